The van der Waals surface area contributed by atoms with E-state index < -0.39 is 5.60 Å². The fourth-order valence-corrected chi connectivity index (χ4v) is 3.65. The number of aromatic amines is 1. The zero-order valence-corrected chi connectivity index (χ0v) is 14.8. The molecule has 0 radical (unpaired) electrons. The zero-order valence-electron chi connectivity index (χ0n) is 14.8. The Hall–Kier alpha value is -1.81. The molecule has 0 saturated heterocycles. The van der Waals surface area contributed by atoms with E-state index in [4.69, 9.17) is 4.74 Å². The third kappa shape index (κ3) is 3.48. The molecule has 1 aromatic carbocycles. The van der Waals surface area contributed by atoms with Crippen LogP contribution in [0, 0.1) is 0 Å². The van der Waals surface area contributed by atoms with E-state index in [0.717, 1.165) is 30.6 Å². The highest BCUT2D eigenvalue weighted by Gasteiger charge is 2.37. The summed E-state index contributed by atoms with van der Waals surface area (Å²) in [5, 5.41) is 4.30. The summed E-state index contributed by atoms with van der Waals surface area (Å²) in [6.07, 6.45) is 5.93. The smallest absolute Gasteiger partial charge is 0.223 e. The highest BCUT2D eigenvalue weighted by molar-refractivity contribution is 5.86. The first-order valence-electron chi connectivity index (χ1n) is 9.15. The van der Waals surface area contributed by atoms with Crippen molar-refractivity contribution in [3.8, 4) is 0 Å². The number of carbonyl (C=O) groups excluding carboxylic acids is 1. The maximum atomic E-state index is 12.4. The number of hydrogen-bond donors (Lipinski definition) is 2. The Kier molecular flexibility index (Phi) is 5.24. The van der Waals surface area contributed by atoms with Gasteiger partial charge in [-0.05, 0) is 31.4 Å². The van der Waals surface area contributed by atoms with E-state index in [1.54, 1.807) is 0 Å². The van der Waals surface area contributed by atoms with Crippen molar-refractivity contribution in [3.05, 3.63) is 35.5 Å². The number of amides is 1. The number of rotatable bonds is 7. The first-order chi connectivity index (χ1) is 11.6. The number of nitrogens with one attached hydrogen (secondary N) is 2. The third-order valence-corrected chi connectivity index (χ3v) is 4.97. The largest absolute Gasteiger partial charge is 0.368 e. The van der Waals surface area contributed by atoms with Crippen LogP contribution in [0.15, 0.2) is 24.3 Å². The number of hydrogen-bond acceptors (Lipinski definition) is 2. The van der Waals surface area contributed by atoms with Gasteiger partial charge in [0, 0.05) is 17.4 Å². The molecule has 0 aliphatic carbocycles. The molecule has 4 nitrogen and oxygen atoms in total. The van der Waals surface area contributed by atoms with E-state index >= 15 is 0 Å². The summed E-state index contributed by atoms with van der Waals surface area (Å²) in [6.45, 7) is 5.64. The van der Waals surface area contributed by atoms with Crippen LogP contribution in [0.25, 0.3) is 10.9 Å². The standard InChI is InChI=1S/C20H28N2O2/c1-3-4-5-8-12-21-18(23)14-20(2)19-16(11-13-24-20)15-9-6-7-10-17(15)22-19/h6-7,9-10,22H,3-5,8,11-14H2,1-2H3,(H,21,23). The van der Waals surface area contributed by atoms with Crippen LogP contribution in [0.4, 0.5) is 0 Å². The Labute approximate surface area is 144 Å². The molecule has 2 heterocycles. The Bertz CT molecular complexity index is 707. The molecule has 2 N–H and O–H groups in total. The van der Waals surface area contributed by atoms with E-state index in [1.807, 2.05) is 13.0 Å². The predicted molar refractivity (Wildman–Crippen MR) is 97.1 cm³/mol. The van der Waals surface area contributed by atoms with Crippen LogP contribution in [0.3, 0.4) is 0 Å². The molecular formula is C20H28N2O2. The number of para-hydroxylation sites is 1. The second kappa shape index (κ2) is 7.39. The van der Waals surface area contributed by atoms with Gasteiger partial charge in [-0.25, -0.2) is 0 Å². The average Bonchev–Trinajstić information content (AvgIpc) is 2.95. The van der Waals surface area contributed by atoms with Crippen molar-refractivity contribution in [1.29, 1.82) is 0 Å². The molecule has 0 fully saturated rings. The molecule has 0 spiro atoms. The zero-order chi connectivity index (χ0) is 17.0. The van der Waals surface area contributed by atoms with Gasteiger partial charge in [-0.1, -0.05) is 44.4 Å². The van der Waals surface area contributed by atoms with Gasteiger partial charge in [0.05, 0.1) is 18.7 Å². The maximum absolute atomic E-state index is 12.4. The van der Waals surface area contributed by atoms with Crippen molar-refractivity contribution < 1.29 is 9.53 Å². The fourth-order valence-electron chi connectivity index (χ4n) is 3.65. The minimum Gasteiger partial charge on any atom is -0.368 e. The highest BCUT2D eigenvalue weighted by atomic mass is 16.5. The van der Waals surface area contributed by atoms with Crippen LogP contribution in [0.5, 0.6) is 0 Å². The lowest BCUT2D eigenvalue weighted by atomic mass is 9.90. The van der Waals surface area contributed by atoms with Crippen LogP contribution < -0.4 is 5.32 Å². The van der Waals surface area contributed by atoms with E-state index in [2.05, 4.69) is 35.4 Å². The SMILES string of the molecule is CCCCCCNC(=O)CC1(C)OCCc2c1[nH]c1ccccc21. The second-order valence-corrected chi connectivity index (χ2v) is 6.94. The molecule has 2 aromatic rings. The van der Waals surface area contributed by atoms with Gasteiger partial charge in [-0.3, -0.25) is 4.79 Å². The lowest BCUT2D eigenvalue weighted by Crippen LogP contribution is -2.38. The Morgan fingerprint density at radius 2 is 2.12 bits per heavy atom. The van der Waals surface area contributed by atoms with Crippen LogP contribution in [0.2, 0.25) is 0 Å². The fraction of sp³-hybridized carbons (Fsp3) is 0.550. The van der Waals surface area contributed by atoms with Gasteiger partial charge in [0.1, 0.15) is 5.60 Å². The number of carbonyl (C=O) groups is 1. The molecule has 4 heteroatoms. The molecule has 0 bridgehead atoms. The molecule has 0 saturated carbocycles. The molecule has 1 atom stereocenters. The molecule has 1 aliphatic heterocycles. The van der Waals surface area contributed by atoms with Gasteiger partial charge in [-0.15, -0.1) is 0 Å². The van der Waals surface area contributed by atoms with Crippen molar-refractivity contribution in [2.45, 2.75) is 58.0 Å². The number of fused-ring (bicyclic) bond motifs is 3. The van der Waals surface area contributed by atoms with Gasteiger partial charge >= 0.3 is 0 Å². The van der Waals surface area contributed by atoms with E-state index in [0.29, 0.717) is 13.0 Å². The lowest BCUT2D eigenvalue weighted by Gasteiger charge is -2.33. The van der Waals surface area contributed by atoms with E-state index in [-0.39, 0.29) is 5.91 Å². The summed E-state index contributed by atoms with van der Waals surface area (Å²) in [5.74, 6) is 0.0699. The molecule has 1 aromatic heterocycles. The summed E-state index contributed by atoms with van der Waals surface area (Å²) in [5.41, 5.74) is 2.92. The molecule has 24 heavy (non-hydrogen) atoms. The van der Waals surface area contributed by atoms with Crippen molar-refractivity contribution >= 4 is 16.8 Å². The quantitative estimate of drug-likeness (QED) is 0.754. The monoisotopic (exact) mass is 328 g/mol. The molecule has 130 valence electrons. The maximum Gasteiger partial charge on any atom is 0.223 e. The first kappa shape index (κ1) is 17.0. The minimum absolute atomic E-state index is 0.0699. The molecule has 1 aliphatic rings. The summed E-state index contributed by atoms with van der Waals surface area (Å²) in [7, 11) is 0. The van der Waals surface area contributed by atoms with Crippen molar-refractivity contribution in [3.63, 3.8) is 0 Å². The highest BCUT2D eigenvalue weighted by Crippen LogP contribution is 2.38. The summed E-state index contributed by atoms with van der Waals surface area (Å²) >= 11 is 0. The third-order valence-electron chi connectivity index (χ3n) is 4.97. The van der Waals surface area contributed by atoms with Crippen molar-refractivity contribution in [1.82, 2.24) is 10.3 Å². The first-order valence-corrected chi connectivity index (χ1v) is 9.15. The summed E-state index contributed by atoms with van der Waals surface area (Å²) < 4.78 is 6.04. The molecule has 3 rings (SSSR count). The Balaban J connectivity index is 1.69. The number of benzene rings is 1. The van der Waals surface area contributed by atoms with Crippen LogP contribution in [0.1, 0.15) is 57.2 Å². The van der Waals surface area contributed by atoms with Gasteiger partial charge < -0.3 is 15.0 Å². The topological polar surface area (TPSA) is 54.1 Å². The average molecular weight is 328 g/mol. The van der Waals surface area contributed by atoms with Gasteiger partial charge in [0.2, 0.25) is 5.91 Å². The Morgan fingerprint density at radius 3 is 2.96 bits per heavy atom. The predicted octanol–water partition coefficient (Wildman–Crippen LogP) is 4.04. The molecule has 1 unspecified atom stereocenters. The second-order valence-electron chi connectivity index (χ2n) is 6.94. The van der Waals surface area contributed by atoms with E-state index in [1.165, 1.54) is 30.2 Å². The molecular weight excluding hydrogens is 300 g/mol. The Morgan fingerprint density at radius 1 is 1.29 bits per heavy atom. The van der Waals surface area contributed by atoms with Crippen LogP contribution >= 0.6 is 0 Å². The van der Waals surface area contributed by atoms with Crippen LogP contribution in [-0.4, -0.2) is 24.0 Å². The van der Waals surface area contributed by atoms with Crippen molar-refractivity contribution in [2.24, 2.45) is 0 Å². The number of aromatic nitrogens is 1. The lowest BCUT2D eigenvalue weighted by molar-refractivity contribution is -0.130. The number of H-pyrrole nitrogens is 1. The summed E-state index contributed by atoms with van der Waals surface area (Å²) in [4.78, 5) is 15.9. The van der Waals surface area contributed by atoms with Gasteiger partial charge in [-0.2, -0.15) is 0 Å². The van der Waals surface area contributed by atoms with Gasteiger partial charge in [0.15, 0.2) is 0 Å². The number of unbranched alkanes of at least 4 members (excludes halogenated alkanes) is 3. The normalized spacial score (nSPS) is 20.1. The summed E-state index contributed by atoms with van der Waals surface area (Å²) in [6, 6.07) is 8.32. The minimum atomic E-state index is -0.569. The number of ether oxygens (including phenoxy) is 1. The van der Waals surface area contributed by atoms with Crippen LogP contribution in [-0.2, 0) is 21.6 Å². The van der Waals surface area contributed by atoms with Crippen molar-refractivity contribution in [2.75, 3.05) is 13.2 Å². The van der Waals surface area contributed by atoms with Gasteiger partial charge in [0.25, 0.3) is 0 Å². The molecule has 1 amide bonds. The van der Waals surface area contributed by atoms with E-state index in [9.17, 15) is 4.79 Å².